The molecule has 2 heterocycles. The number of rotatable bonds is 3. The number of nitrogens with zero attached hydrogens (tertiary/aromatic N) is 1. The lowest BCUT2D eigenvalue weighted by molar-refractivity contribution is -0.149. The summed E-state index contributed by atoms with van der Waals surface area (Å²) < 4.78 is 11.7. The van der Waals surface area contributed by atoms with Gasteiger partial charge in [-0.15, -0.1) is 0 Å². The molecule has 1 aliphatic heterocycles. The summed E-state index contributed by atoms with van der Waals surface area (Å²) in [4.78, 5) is 27.3. The lowest BCUT2D eigenvalue weighted by atomic mass is 9.71. The molecule has 0 radical (unpaired) electrons. The molecule has 31 heavy (non-hydrogen) atoms. The fraction of sp³-hybridized carbons (Fsp3) is 0.600. The molecule has 2 aliphatic carbocycles. The van der Waals surface area contributed by atoms with Gasteiger partial charge < -0.3 is 19.2 Å². The predicted octanol–water partition coefficient (Wildman–Crippen LogP) is 3.51. The van der Waals surface area contributed by atoms with Crippen LogP contribution in [0.1, 0.15) is 62.1 Å². The van der Waals surface area contributed by atoms with E-state index in [4.69, 9.17) is 9.15 Å². The first-order chi connectivity index (χ1) is 14.9. The van der Waals surface area contributed by atoms with Crippen LogP contribution in [0.2, 0.25) is 0 Å². The van der Waals surface area contributed by atoms with E-state index in [1.165, 1.54) is 0 Å². The minimum absolute atomic E-state index is 0.0532. The molecule has 1 saturated carbocycles. The monoisotopic (exact) mass is 425 g/mol. The molecule has 2 aromatic rings. The van der Waals surface area contributed by atoms with Gasteiger partial charge in [0.25, 0.3) is 5.91 Å². The topological polar surface area (TPSA) is 80.0 Å². The molecular formula is C25H31NO5. The number of hydrogen-bond donors (Lipinski definition) is 1. The highest BCUT2D eigenvalue weighted by Crippen LogP contribution is 2.40. The normalized spacial score (nSPS) is 26.4. The van der Waals surface area contributed by atoms with Crippen molar-refractivity contribution in [1.29, 1.82) is 0 Å². The lowest BCUT2D eigenvalue weighted by Gasteiger charge is -2.47. The number of likely N-dealkylation sites (tertiary alicyclic amines) is 1. The number of carbonyl (C=O) groups is 1. The molecular weight excluding hydrogens is 394 g/mol. The van der Waals surface area contributed by atoms with Crippen molar-refractivity contribution < 1.29 is 19.1 Å². The van der Waals surface area contributed by atoms with Crippen LogP contribution in [0.4, 0.5) is 0 Å². The maximum absolute atomic E-state index is 13.1. The Bertz CT molecular complexity index is 1090. The van der Waals surface area contributed by atoms with Gasteiger partial charge >= 0.3 is 5.63 Å². The highest BCUT2D eigenvalue weighted by Gasteiger charge is 2.44. The lowest BCUT2D eigenvalue weighted by Crippen LogP contribution is -2.56. The van der Waals surface area contributed by atoms with E-state index in [2.05, 4.69) is 0 Å². The fourth-order valence-corrected chi connectivity index (χ4v) is 5.86. The molecule has 1 amide bonds. The van der Waals surface area contributed by atoms with E-state index in [-0.39, 0.29) is 17.5 Å². The zero-order chi connectivity index (χ0) is 21.8. The van der Waals surface area contributed by atoms with Gasteiger partial charge in [0, 0.05) is 35.5 Å². The molecule has 3 aliphatic rings. The third-order valence-corrected chi connectivity index (χ3v) is 7.73. The van der Waals surface area contributed by atoms with Crippen LogP contribution >= 0.6 is 0 Å². The highest BCUT2D eigenvalue weighted by molar-refractivity contribution is 5.87. The van der Waals surface area contributed by atoms with Gasteiger partial charge in [0.05, 0.1) is 5.60 Å². The molecule has 0 spiro atoms. The molecule has 2 fully saturated rings. The smallest absolute Gasteiger partial charge is 0.339 e. The minimum Gasteiger partial charge on any atom is -0.480 e. The Morgan fingerprint density at radius 2 is 2.03 bits per heavy atom. The molecule has 6 nitrogen and oxygen atoms in total. The molecule has 5 rings (SSSR count). The second-order valence-corrected chi connectivity index (χ2v) is 9.61. The zero-order valence-electron chi connectivity index (χ0n) is 18.4. The first-order valence-electron chi connectivity index (χ1n) is 11.6. The zero-order valence-corrected chi connectivity index (χ0v) is 18.4. The first kappa shape index (κ1) is 20.6. The summed E-state index contributed by atoms with van der Waals surface area (Å²) >= 11 is 0. The maximum atomic E-state index is 13.1. The number of fused-ring (bicyclic) bond motifs is 4. The summed E-state index contributed by atoms with van der Waals surface area (Å²) in [7, 11) is 0. The summed E-state index contributed by atoms with van der Waals surface area (Å²) in [5.41, 5.74) is 2.36. The number of carbonyl (C=O) groups excluding carboxylic acids is 1. The number of aliphatic hydroxyl groups is 1. The number of amides is 1. The largest absolute Gasteiger partial charge is 0.480 e. The van der Waals surface area contributed by atoms with Crippen molar-refractivity contribution in [3.63, 3.8) is 0 Å². The van der Waals surface area contributed by atoms with Crippen molar-refractivity contribution in [3.8, 4) is 5.75 Å². The van der Waals surface area contributed by atoms with Gasteiger partial charge in [0.1, 0.15) is 11.3 Å². The molecule has 166 valence electrons. The summed E-state index contributed by atoms with van der Waals surface area (Å²) in [6.07, 6.45) is 6.66. The molecule has 0 bridgehead atoms. The van der Waals surface area contributed by atoms with E-state index < -0.39 is 11.7 Å². The SMILES string of the molecule is Cc1c(O[C@@H](C)C(=O)N2CC[C@]3(O)CCCC[C@@H]3C2)ccc2c3c(c(=O)oc12)CCC3. The fourth-order valence-electron chi connectivity index (χ4n) is 5.86. The summed E-state index contributed by atoms with van der Waals surface area (Å²) in [5, 5.41) is 11.9. The highest BCUT2D eigenvalue weighted by atomic mass is 16.5. The third kappa shape index (κ3) is 3.45. The van der Waals surface area contributed by atoms with Crippen LogP contribution in [0.15, 0.2) is 21.3 Å². The van der Waals surface area contributed by atoms with Gasteiger partial charge in [-0.1, -0.05) is 12.8 Å². The van der Waals surface area contributed by atoms with Crippen molar-refractivity contribution in [3.05, 3.63) is 39.2 Å². The molecule has 1 aromatic carbocycles. The predicted molar refractivity (Wildman–Crippen MR) is 117 cm³/mol. The second kappa shape index (κ2) is 7.66. The van der Waals surface area contributed by atoms with Crippen LogP contribution in [0, 0.1) is 12.8 Å². The van der Waals surface area contributed by atoms with Gasteiger partial charge in [0.15, 0.2) is 6.10 Å². The van der Waals surface area contributed by atoms with Crippen molar-refractivity contribution in [2.24, 2.45) is 5.92 Å². The van der Waals surface area contributed by atoms with E-state index >= 15 is 0 Å². The van der Waals surface area contributed by atoms with Gasteiger partial charge in [-0.3, -0.25) is 4.79 Å². The number of ether oxygens (including phenoxy) is 1. The Morgan fingerprint density at radius 1 is 1.23 bits per heavy atom. The molecule has 0 unspecified atom stereocenters. The summed E-state index contributed by atoms with van der Waals surface area (Å²) in [6, 6.07) is 3.83. The first-order valence-corrected chi connectivity index (χ1v) is 11.6. The van der Waals surface area contributed by atoms with E-state index in [1.807, 2.05) is 24.0 Å². The Hall–Kier alpha value is -2.34. The number of hydrogen-bond acceptors (Lipinski definition) is 5. The Kier molecular flexibility index (Phi) is 5.08. The summed E-state index contributed by atoms with van der Waals surface area (Å²) in [5.74, 6) is 0.674. The quantitative estimate of drug-likeness (QED) is 0.762. The standard InChI is InChI=1S/C25H31NO5/c1-15-21(10-9-19-18-7-5-8-20(18)24(28)31-22(15)19)30-16(2)23(27)26-13-12-25(29)11-4-3-6-17(25)14-26/h9-10,16-17,29H,3-8,11-14H2,1-2H3/t16-,17+,25+/m0/s1. The molecule has 1 saturated heterocycles. The Morgan fingerprint density at radius 3 is 2.87 bits per heavy atom. The van der Waals surface area contributed by atoms with Crippen LogP contribution in [0.3, 0.4) is 0 Å². The molecule has 1 N–H and O–H groups in total. The third-order valence-electron chi connectivity index (χ3n) is 7.73. The van der Waals surface area contributed by atoms with Crippen LogP contribution in [-0.4, -0.2) is 40.7 Å². The van der Waals surface area contributed by atoms with Crippen molar-refractivity contribution >= 4 is 16.9 Å². The van der Waals surface area contributed by atoms with Gasteiger partial charge in [0.2, 0.25) is 0 Å². The summed E-state index contributed by atoms with van der Waals surface area (Å²) in [6.45, 7) is 4.81. The Labute approximate surface area is 182 Å². The molecule has 6 heteroatoms. The molecule has 1 aromatic heterocycles. The van der Waals surface area contributed by atoms with E-state index in [0.29, 0.717) is 30.8 Å². The van der Waals surface area contributed by atoms with Gasteiger partial charge in [-0.2, -0.15) is 0 Å². The van der Waals surface area contributed by atoms with Crippen molar-refractivity contribution in [2.75, 3.05) is 13.1 Å². The van der Waals surface area contributed by atoms with E-state index in [1.54, 1.807) is 6.92 Å². The van der Waals surface area contributed by atoms with Gasteiger partial charge in [-0.25, -0.2) is 4.79 Å². The van der Waals surface area contributed by atoms with Crippen molar-refractivity contribution in [2.45, 2.75) is 76.9 Å². The average Bonchev–Trinajstić information content (AvgIpc) is 3.26. The molecule has 3 atom stereocenters. The van der Waals surface area contributed by atoms with E-state index in [0.717, 1.165) is 67.0 Å². The van der Waals surface area contributed by atoms with Crippen LogP contribution in [0.25, 0.3) is 11.0 Å². The van der Waals surface area contributed by atoms with Gasteiger partial charge in [-0.05, 0) is 70.1 Å². The minimum atomic E-state index is -0.646. The number of piperidine rings is 1. The van der Waals surface area contributed by atoms with E-state index in [9.17, 15) is 14.7 Å². The van der Waals surface area contributed by atoms with Crippen LogP contribution < -0.4 is 10.4 Å². The number of benzene rings is 1. The Balaban J connectivity index is 1.35. The van der Waals surface area contributed by atoms with Crippen LogP contribution in [0.5, 0.6) is 5.75 Å². The maximum Gasteiger partial charge on any atom is 0.339 e. The second-order valence-electron chi connectivity index (χ2n) is 9.61. The van der Waals surface area contributed by atoms with Crippen molar-refractivity contribution in [1.82, 2.24) is 4.90 Å². The number of aryl methyl sites for hydroxylation is 2. The van der Waals surface area contributed by atoms with Crippen LogP contribution in [-0.2, 0) is 17.6 Å². The average molecular weight is 426 g/mol.